The standard InChI is InChI=1S/C16H26N2/c1-5-16-9-17-14(4)10-18(16)11-15-7-12(2)6-13(3)8-15/h6-8,14,16-17H,5,9-11H2,1-4H3. The topological polar surface area (TPSA) is 15.3 Å². The van der Waals surface area contributed by atoms with Crippen molar-refractivity contribution in [3.05, 3.63) is 34.9 Å². The summed E-state index contributed by atoms with van der Waals surface area (Å²) in [4.78, 5) is 2.63. The van der Waals surface area contributed by atoms with Crippen molar-refractivity contribution >= 4 is 0 Å². The first-order valence-electron chi connectivity index (χ1n) is 7.13. The van der Waals surface area contributed by atoms with Gasteiger partial charge in [-0.05, 0) is 32.8 Å². The van der Waals surface area contributed by atoms with Gasteiger partial charge in [0.2, 0.25) is 0 Å². The molecule has 1 aliphatic heterocycles. The molecule has 1 aliphatic rings. The highest BCUT2D eigenvalue weighted by molar-refractivity contribution is 5.28. The summed E-state index contributed by atoms with van der Waals surface area (Å²) in [5.41, 5.74) is 4.21. The molecule has 0 aliphatic carbocycles. The van der Waals surface area contributed by atoms with E-state index < -0.39 is 0 Å². The van der Waals surface area contributed by atoms with E-state index in [0.717, 1.165) is 19.6 Å². The molecule has 2 nitrogen and oxygen atoms in total. The molecule has 2 atom stereocenters. The number of hydrogen-bond donors (Lipinski definition) is 1. The molecule has 0 aromatic heterocycles. The maximum absolute atomic E-state index is 3.58. The Morgan fingerprint density at radius 1 is 1.22 bits per heavy atom. The maximum Gasteiger partial charge on any atom is 0.0238 e. The summed E-state index contributed by atoms with van der Waals surface area (Å²) in [5, 5.41) is 3.58. The van der Waals surface area contributed by atoms with Crippen LogP contribution in [0.2, 0.25) is 0 Å². The first-order valence-corrected chi connectivity index (χ1v) is 7.13. The second kappa shape index (κ2) is 5.85. The van der Waals surface area contributed by atoms with Gasteiger partial charge < -0.3 is 5.32 Å². The Hall–Kier alpha value is -0.860. The van der Waals surface area contributed by atoms with E-state index in [9.17, 15) is 0 Å². The minimum atomic E-state index is 0.610. The number of aryl methyl sites for hydroxylation is 2. The minimum Gasteiger partial charge on any atom is -0.311 e. The van der Waals surface area contributed by atoms with Crippen LogP contribution in [-0.4, -0.2) is 30.1 Å². The molecule has 18 heavy (non-hydrogen) atoms. The summed E-state index contributed by atoms with van der Waals surface area (Å²) in [6.45, 7) is 12.3. The quantitative estimate of drug-likeness (QED) is 0.882. The fraction of sp³-hybridized carbons (Fsp3) is 0.625. The molecule has 1 fully saturated rings. The highest BCUT2D eigenvalue weighted by atomic mass is 15.2. The third kappa shape index (κ3) is 3.33. The van der Waals surface area contributed by atoms with Crippen molar-refractivity contribution in [3.8, 4) is 0 Å². The Morgan fingerprint density at radius 2 is 1.89 bits per heavy atom. The number of nitrogens with zero attached hydrogens (tertiary/aromatic N) is 1. The average molecular weight is 246 g/mol. The van der Waals surface area contributed by atoms with Crippen molar-refractivity contribution in [2.45, 2.75) is 52.7 Å². The molecule has 0 saturated carbocycles. The van der Waals surface area contributed by atoms with E-state index in [1.807, 2.05) is 0 Å². The molecule has 0 radical (unpaired) electrons. The van der Waals surface area contributed by atoms with Gasteiger partial charge in [0, 0.05) is 31.7 Å². The zero-order chi connectivity index (χ0) is 13.1. The third-order valence-electron chi connectivity index (χ3n) is 3.87. The fourth-order valence-electron chi connectivity index (χ4n) is 3.02. The Balaban J connectivity index is 2.10. The lowest BCUT2D eigenvalue weighted by atomic mass is 10.0. The van der Waals surface area contributed by atoms with Crippen LogP contribution in [0.1, 0.15) is 37.0 Å². The van der Waals surface area contributed by atoms with Crippen LogP contribution in [0.3, 0.4) is 0 Å². The molecule has 100 valence electrons. The second-order valence-corrected chi connectivity index (χ2v) is 5.80. The van der Waals surface area contributed by atoms with E-state index >= 15 is 0 Å². The molecule has 0 spiro atoms. The van der Waals surface area contributed by atoms with E-state index in [-0.39, 0.29) is 0 Å². The number of hydrogen-bond acceptors (Lipinski definition) is 2. The smallest absolute Gasteiger partial charge is 0.0238 e. The number of nitrogens with one attached hydrogen (secondary N) is 1. The van der Waals surface area contributed by atoms with E-state index in [0.29, 0.717) is 12.1 Å². The van der Waals surface area contributed by atoms with Gasteiger partial charge in [-0.1, -0.05) is 36.2 Å². The van der Waals surface area contributed by atoms with Gasteiger partial charge >= 0.3 is 0 Å². The molecular formula is C16H26N2. The Kier molecular flexibility index (Phi) is 4.41. The first-order chi connectivity index (χ1) is 8.58. The summed E-state index contributed by atoms with van der Waals surface area (Å²) in [6.07, 6.45) is 1.23. The molecule has 1 aromatic carbocycles. The van der Waals surface area contributed by atoms with E-state index in [4.69, 9.17) is 0 Å². The van der Waals surface area contributed by atoms with Gasteiger partial charge in [0.25, 0.3) is 0 Å². The zero-order valence-electron chi connectivity index (χ0n) is 12.2. The Labute approximate surface area is 111 Å². The first kappa shape index (κ1) is 13.6. The molecule has 0 amide bonds. The van der Waals surface area contributed by atoms with Gasteiger partial charge in [-0.15, -0.1) is 0 Å². The lowest BCUT2D eigenvalue weighted by molar-refractivity contribution is 0.124. The van der Waals surface area contributed by atoms with Crippen LogP contribution in [0.15, 0.2) is 18.2 Å². The van der Waals surface area contributed by atoms with Crippen molar-refractivity contribution in [1.29, 1.82) is 0 Å². The fourth-order valence-corrected chi connectivity index (χ4v) is 3.02. The summed E-state index contributed by atoms with van der Waals surface area (Å²) < 4.78 is 0. The zero-order valence-corrected chi connectivity index (χ0v) is 12.2. The molecule has 2 rings (SSSR count). The molecule has 1 aromatic rings. The van der Waals surface area contributed by atoms with E-state index in [1.54, 1.807) is 0 Å². The molecule has 2 heteroatoms. The number of piperazine rings is 1. The van der Waals surface area contributed by atoms with Crippen LogP contribution < -0.4 is 5.32 Å². The van der Waals surface area contributed by atoms with Gasteiger partial charge in [0.1, 0.15) is 0 Å². The lowest BCUT2D eigenvalue weighted by Gasteiger charge is -2.39. The van der Waals surface area contributed by atoms with E-state index in [2.05, 4.69) is 56.1 Å². The Morgan fingerprint density at radius 3 is 2.50 bits per heavy atom. The van der Waals surface area contributed by atoms with Gasteiger partial charge in [0.15, 0.2) is 0 Å². The normalized spacial score (nSPS) is 25.3. The van der Waals surface area contributed by atoms with Crippen LogP contribution in [0.4, 0.5) is 0 Å². The molecule has 0 bridgehead atoms. The second-order valence-electron chi connectivity index (χ2n) is 5.80. The maximum atomic E-state index is 3.58. The third-order valence-corrected chi connectivity index (χ3v) is 3.87. The van der Waals surface area contributed by atoms with Crippen molar-refractivity contribution in [2.75, 3.05) is 13.1 Å². The van der Waals surface area contributed by atoms with Crippen LogP contribution in [0.5, 0.6) is 0 Å². The van der Waals surface area contributed by atoms with Crippen LogP contribution in [-0.2, 0) is 6.54 Å². The molecule has 1 heterocycles. The minimum absolute atomic E-state index is 0.610. The van der Waals surface area contributed by atoms with Gasteiger partial charge in [-0.2, -0.15) is 0 Å². The van der Waals surface area contributed by atoms with Crippen molar-refractivity contribution in [2.24, 2.45) is 0 Å². The Bertz CT molecular complexity index is 380. The van der Waals surface area contributed by atoms with Gasteiger partial charge in [-0.3, -0.25) is 4.90 Å². The molecular weight excluding hydrogens is 220 g/mol. The van der Waals surface area contributed by atoms with Crippen LogP contribution in [0, 0.1) is 13.8 Å². The average Bonchev–Trinajstić information content (AvgIpc) is 2.27. The van der Waals surface area contributed by atoms with Crippen LogP contribution >= 0.6 is 0 Å². The van der Waals surface area contributed by atoms with Crippen molar-refractivity contribution in [3.63, 3.8) is 0 Å². The summed E-state index contributed by atoms with van der Waals surface area (Å²) in [7, 11) is 0. The van der Waals surface area contributed by atoms with E-state index in [1.165, 1.54) is 23.1 Å². The van der Waals surface area contributed by atoms with Crippen molar-refractivity contribution in [1.82, 2.24) is 10.2 Å². The number of rotatable bonds is 3. The lowest BCUT2D eigenvalue weighted by Crippen LogP contribution is -2.54. The largest absolute Gasteiger partial charge is 0.311 e. The molecule has 1 saturated heterocycles. The highest BCUT2D eigenvalue weighted by Gasteiger charge is 2.24. The highest BCUT2D eigenvalue weighted by Crippen LogP contribution is 2.17. The predicted octanol–water partition coefficient (Wildman–Crippen LogP) is 2.88. The summed E-state index contributed by atoms with van der Waals surface area (Å²) in [5.74, 6) is 0. The summed E-state index contributed by atoms with van der Waals surface area (Å²) in [6, 6.07) is 8.20. The monoisotopic (exact) mass is 246 g/mol. The SMILES string of the molecule is CCC1CNC(C)CN1Cc1cc(C)cc(C)c1. The molecule has 1 N–H and O–H groups in total. The molecule has 2 unspecified atom stereocenters. The van der Waals surface area contributed by atoms with Gasteiger partial charge in [0.05, 0.1) is 0 Å². The summed E-state index contributed by atoms with van der Waals surface area (Å²) >= 11 is 0. The van der Waals surface area contributed by atoms with Crippen molar-refractivity contribution < 1.29 is 0 Å². The number of benzene rings is 1. The predicted molar refractivity (Wildman–Crippen MR) is 77.9 cm³/mol. The van der Waals surface area contributed by atoms with Crippen LogP contribution in [0.25, 0.3) is 0 Å². The van der Waals surface area contributed by atoms with Gasteiger partial charge in [-0.25, -0.2) is 0 Å².